The zero-order valence-corrected chi connectivity index (χ0v) is 60.1. The van der Waals surface area contributed by atoms with Crippen LogP contribution < -0.4 is 0 Å². The summed E-state index contributed by atoms with van der Waals surface area (Å²) in [4.78, 5) is 0. The van der Waals surface area contributed by atoms with Crippen molar-refractivity contribution in [2.75, 3.05) is 0 Å². The monoisotopic (exact) mass is 1370 g/mol. The van der Waals surface area contributed by atoms with Crippen molar-refractivity contribution < 1.29 is 0 Å². The molecule has 0 spiro atoms. The second-order valence-corrected chi connectivity index (χ2v) is 30.5. The van der Waals surface area contributed by atoms with Crippen LogP contribution in [0.15, 0.2) is 308 Å². The molecule has 0 N–H and O–H groups in total. The Bertz CT molecular complexity index is 6730. The van der Waals surface area contributed by atoms with Crippen molar-refractivity contribution in [3.63, 3.8) is 0 Å². The van der Waals surface area contributed by atoms with Crippen LogP contribution in [0, 0.1) is 0 Å². The molecule has 0 aliphatic heterocycles. The molecule has 0 saturated heterocycles. The molecule has 18 aromatic carbocycles. The van der Waals surface area contributed by atoms with E-state index in [1.807, 2.05) is 0 Å². The second kappa shape index (κ2) is 24.0. The fourth-order valence-corrected chi connectivity index (χ4v) is 18.8. The summed E-state index contributed by atoms with van der Waals surface area (Å²) in [5, 5.41) is 28.8. The van der Waals surface area contributed by atoms with Crippen molar-refractivity contribution in [2.45, 2.75) is 78.1 Å². The van der Waals surface area contributed by atoms with Gasteiger partial charge < -0.3 is 4.57 Å². The van der Waals surface area contributed by atoms with Crippen molar-refractivity contribution in [3.8, 4) is 39.1 Å². The van der Waals surface area contributed by atoms with Crippen LogP contribution in [0.3, 0.4) is 0 Å². The van der Waals surface area contributed by atoms with Gasteiger partial charge in [-0.3, -0.25) is 0 Å². The van der Waals surface area contributed by atoms with Crippen LogP contribution in [0.25, 0.3) is 169 Å². The number of rotatable bonds is 3. The highest BCUT2D eigenvalue weighted by atomic mass is 79.9. The average molecular weight is 1370 g/mol. The van der Waals surface area contributed by atoms with Crippen LogP contribution in [0.1, 0.15) is 94.2 Å². The lowest BCUT2D eigenvalue weighted by molar-refractivity contribution is 0.659. The third kappa shape index (κ3) is 9.48. The van der Waals surface area contributed by atoms with Gasteiger partial charge in [-0.25, -0.2) is 0 Å². The number of nitrogens with zero attached hydrogens (tertiary/aromatic N) is 1. The van der Waals surface area contributed by atoms with Crippen molar-refractivity contribution in [2.24, 2.45) is 0 Å². The van der Waals surface area contributed by atoms with Crippen molar-refractivity contribution in [1.29, 1.82) is 0 Å². The smallest absolute Gasteiger partial charge is 0.0547 e. The van der Waals surface area contributed by atoms with Crippen LogP contribution in [-0.2, 0) is 17.3 Å². The highest BCUT2D eigenvalue weighted by Crippen LogP contribution is 2.55. The summed E-state index contributed by atoms with van der Waals surface area (Å²) in [6.45, 7) is 13.9. The molecule has 0 unspecified atom stereocenters. The first-order chi connectivity index (χ1) is 50.0. The van der Waals surface area contributed by atoms with E-state index in [9.17, 15) is 0 Å². The van der Waals surface area contributed by atoms with E-state index in [0.29, 0.717) is 0 Å². The average Bonchev–Trinajstić information content (AvgIpc) is 1.52. The molecule has 22 rings (SSSR count). The van der Waals surface area contributed by atoms with E-state index in [1.54, 1.807) is 0 Å². The molecule has 0 fully saturated rings. The minimum atomic E-state index is -0.0933. The molecule has 488 valence electrons. The van der Waals surface area contributed by atoms with Crippen LogP contribution in [0.4, 0.5) is 0 Å². The Hall–Kier alpha value is -11.2. The summed E-state index contributed by atoms with van der Waals surface area (Å²) in [7, 11) is 0. The quantitative estimate of drug-likeness (QED) is 0.155. The summed E-state index contributed by atoms with van der Waals surface area (Å²) in [6, 6.07) is 113. The lowest BCUT2D eigenvalue weighted by atomic mass is 9.81. The molecular formula is C100H76BrN. The van der Waals surface area contributed by atoms with Crippen molar-refractivity contribution >= 4 is 145 Å². The largest absolute Gasteiger partial charge is 0.309 e. The summed E-state index contributed by atoms with van der Waals surface area (Å²) >= 11 is 3.62. The highest BCUT2D eigenvalue weighted by molar-refractivity contribution is 9.10. The van der Waals surface area contributed by atoms with Crippen molar-refractivity contribution in [1.82, 2.24) is 4.57 Å². The lowest BCUT2D eigenvalue weighted by Crippen LogP contribution is -2.15. The molecule has 1 aromatic heterocycles. The van der Waals surface area contributed by atoms with Crippen LogP contribution >= 0.6 is 15.9 Å². The van der Waals surface area contributed by atoms with E-state index < -0.39 is 0 Å². The van der Waals surface area contributed by atoms with Gasteiger partial charge in [0, 0.05) is 31.5 Å². The Morgan fingerprint density at radius 2 is 0.608 bits per heavy atom. The molecule has 0 saturated carbocycles. The lowest BCUT2D eigenvalue weighted by Gasteiger charge is -2.22. The van der Waals surface area contributed by atoms with Crippen molar-refractivity contribution in [3.05, 3.63) is 341 Å². The first-order valence-corrected chi connectivity index (χ1v) is 37.3. The molecule has 1 nitrogen and oxygen atoms in total. The molecule has 0 radical (unpaired) electrons. The summed E-state index contributed by atoms with van der Waals surface area (Å²) in [5.41, 5.74) is 20.7. The third-order valence-electron chi connectivity index (χ3n) is 23.2. The molecule has 1 heterocycles. The fourth-order valence-electron chi connectivity index (χ4n) is 18.2. The van der Waals surface area contributed by atoms with E-state index in [2.05, 4.69) is 365 Å². The normalized spacial score (nSPS) is 13.5. The van der Waals surface area contributed by atoms with Gasteiger partial charge in [0.15, 0.2) is 0 Å². The number of unbranched alkanes of at least 4 members (excludes halogenated alkanes) is 2. The zero-order chi connectivity index (χ0) is 68.7. The number of fused-ring (bicyclic) bond motifs is 30. The van der Waals surface area contributed by atoms with Gasteiger partial charge >= 0.3 is 0 Å². The number of benzene rings is 18. The third-order valence-corrected chi connectivity index (χ3v) is 23.8. The van der Waals surface area contributed by atoms with E-state index in [-0.39, 0.29) is 10.8 Å². The van der Waals surface area contributed by atoms with Gasteiger partial charge in [-0.15, -0.1) is 0 Å². The van der Waals surface area contributed by atoms with Gasteiger partial charge in [0.2, 0.25) is 0 Å². The topological polar surface area (TPSA) is 4.93 Å². The molecule has 3 aliphatic rings. The molecular weight excluding hydrogens is 1300 g/mol. The predicted octanol–water partition coefficient (Wildman–Crippen LogP) is 28.8. The predicted molar refractivity (Wildman–Crippen MR) is 445 cm³/mol. The van der Waals surface area contributed by atoms with E-state index in [0.717, 1.165) is 10.9 Å². The molecule has 2 heteroatoms. The molecule has 0 atom stereocenters. The van der Waals surface area contributed by atoms with Gasteiger partial charge in [-0.2, -0.15) is 0 Å². The molecule has 0 amide bonds. The SMILES string of the molecule is Brc1cc2ccccc2c2ccccc12.CC1(C)c2ccccc2-c2cc3c(cc21)Cc1cc2c4ccccc4c4ccccc4c2cc1-3.CC1(C)c2ccccc2-c2cc3c4cc5c6ccccc6c6ccccc6c5cc4n(-c4cc5ccccc5c5ccccc45)c3cc21.CCCCC. The van der Waals surface area contributed by atoms with Gasteiger partial charge in [0.1, 0.15) is 0 Å². The fraction of sp³-hybridized carbons (Fsp3) is 0.120. The number of halogens is 1. The minimum absolute atomic E-state index is 0.0485. The Labute approximate surface area is 604 Å². The minimum Gasteiger partial charge on any atom is -0.309 e. The maximum Gasteiger partial charge on any atom is 0.0547 e. The van der Waals surface area contributed by atoms with E-state index in [1.165, 1.54) is 221 Å². The molecule has 3 aliphatic carbocycles. The van der Waals surface area contributed by atoms with Crippen LogP contribution in [-0.4, -0.2) is 4.57 Å². The standard InChI is InChI=1S/C47H31N.C34H24.C14H9Br.C5H12/c1-47(2)42-22-12-11-20-35(42)39-25-41-40-24-37-33-18-7-5-16-31(33)32-17-6-8-19-34(32)38(37)26-45(40)48(46(41)27-43(39)47)44-23-28-13-3-4-14-29(28)30-15-9-10-21-36(30)44;1-34(2)32-14-8-7-13-26(32)31-19-28-21(17-33(31)34)15-20-16-29-24-11-5-3-9-22(24)23-10-4-6-12-25(23)30(29)18-27(20)28;15-14-9-10-5-1-2-6-11(10)12-7-3-4-8-13(12)14;1-3-5-4-2/h3-27H,1-2H3;3-14,16-19H,15H2,1-2H3;1-9H;3-5H2,1-2H3. The number of hydrogen-bond acceptors (Lipinski definition) is 0. The number of aromatic nitrogens is 1. The maximum atomic E-state index is 3.62. The van der Waals surface area contributed by atoms with Gasteiger partial charge in [-0.05, 0) is 230 Å². The van der Waals surface area contributed by atoms with Gasteiger partial charge in [-0.1, -0.05) is 325 Å². The van der Waals surface area contributed by atoms with Crippen LogP contribution in [0.5, 0.6) is 0 Å². The van der Waals surface area contributed by atoms with Gasteiger partial charge in [0.25, 0.3) is 0 Å². The second-order valence-electron chi connectivity index (χ2n) is 29.6. The van der Waals surface area contributed by atoms with E-state index in [4.69, 9.17) is 0 Å². The van der Waals surface area contributed by atoms with Gasteiger partial charge in [0.05, 0.1) is 16.7 Å². The first-order valence-electron chi connectivity index (χ1n) is 36.5. The highest BCUT2D eigenvalue weighted by Gasteiger charge is 2.39. The first kappa shape index (κ1) is 61.9. The molecule has 102 heavy (non-hydrogen) atoms. The zero-order valence-electron chi connectivity index (χ0n) is 58.5. The molecule has 19 aromatic rings. The summed E-state index contributed by atoms with van der Waals surface area (Å²) < 4.78 is 3.74. The maximum absolute atomic E-state index is 3.62. The Balaban J connectivity index is 0.000000115. The Morgan fingerprint density at radius 1 is 0.265 bits per heavy atom. The molecule has 0 bridgehead atoms. The van der Waals surface area contributed by atoms with Crippen LogP contribution in [0.2, 0.25) is 0 Å². The van der Waals surface area contributed by atoms with E-state index >= 15 is 0 Å². The Morgan fingerprint density at radius 3 is 1.13 bits per heavy atom. The summed E-state index contributed by atoms with van der Waals surface area (Å²) in [5.74, 6) is 0. The Kier molecular flexibility index (Phi) is 14.6. The summed E-state index contributed by atoms with van der Waals surface area (Å²) in [6.07, 6.45) is 5.09. The number of hydrogen-bond donors (Lipinski definition) is 0.